The van der Waals surface area contributed by atoms with Gasteiger partial charge in [0.15, 0.2) is 0 Å². The number of carbonyl (C=O) groups excluding carboxylic acids is 1. The summed E-state index contributed by atoms with van der Waals surface area (Å²) in [5.74, 6) is 0.514. The van der Waals surface area contributed by atoms with Gasteiger partial charge in [0, 0.05) is 11.4 Å². The number of aromatic nitrogens is 2. The van der Waals surface area contributed by atoms with Gasteiger partial charge in [0.1, 0.15) is 9.71 Å². The normalized spacial score (nSPS) is 16.7. The first-order valence-corrected chi connectivity index (χ1v) is 8.13. The SMILES string of the molecule is Cc1nnc2sc(C(=O)NC(C)C3CCC3)c(N)c2c1C. The highest BCUT2D eigenvalue weighted by Gasteiger charge is 2.27. The van der Waals surface area contributed by atoms with Gasteiger partial charge in [0.2, 0.25) is 0 Å². The van der Waals surface area contributed by atoms with Crippen molar-refractivity contribution in [2.24, 2.45) is 5.92 Å². The molecule has 21 heavy (non-hydrogen) atoms. The van der Waals surface area contributed by atoms with Gasteiger partial charge in [-0.3, -0.25) is 4.79 Å². The van der Waals surface area contributed by atoms with E-state index in [2.05, 4.69) is 22.4 Å². The summed E-state index contributed by atoms with van der Waals surface area (Å²) in [4.78, 5) is 13.7. The van der Waals surface area contributed by atoms with Gasteiger partial charge in [-0.25, -0.2) is 0 Å². The zero-order valence-corrected chi connectivity index (χ0v) is 13.4. The van der Waals surface area contributed by atoms with Crippen LogP contribution in [0.2, 0.25) is 0 Å². The number of anilines is 1. The molecule has 3 N–H and O–H groups in total. The van der Waals surface area contributed by atoms with Crippen LogP contribution in [0, 0.1) is 19.8 Å². The van der Waals surface area contributed by atoms with Crippen LogP contribution in [-0.4, -0.2) is 22.1 Å². The number of carbonyl (C=O) groups is 1. The van der Waals surface area contributed by atoms with Crippen molar-refractivity contribution < 1.29 is 4.79 Å². The number of amides is 1. The fourth-order valence-electron chi connectivity index (χ4n) is 2.74. The summed E-state index contributed by atoms with van der Waals surface area (Å²) in [5, 5.41) is 12.2. The summed E-state index contributed by atoms with van der Waals surface area (Å²) < 4.78 is 0. The summed E-state index contributed by atoms with van der Waals surface area (Å²) in [7, 11) is 0. The summed E-state index contributed by atoms with van der Waals surface area (Å²) in [5.41, 5.74) is 8.57. The lowest BCUT2D eigenvalue weighted by Gasteiger charge is -2.31. The Morgan fingerprint density at radius 3 is 2.71 bits per heavy atom. The fourth-order valence-corrected chi connectivity index (χ4v) is 3.74. The van der Waals surface area contributed by atoms with Crippen molar-refractivity contribution in [2.45, 2.75) is 46.1 Å². The highest BCUT2D eigenvalue weighted by molar-refractivity contribution is 7.21. The summed E-state index contributed by atoms with van der Waals surface area (Å²) in [6.07, 6.45) is 3.67. The Balaban J connectivity index is 1.91. The second kappa shape index (κ2) is 5.26. The molecule has 2 aromatic heterocycles. The highest BCUT2D eigenvalue weighted by Crippen LogP contribution is 2.35. The van der Waals surface area contributed by atoms with E-state index < -0.39 is 0 Å². The zero-order valence-electron chi connectivity index (χ0n) is 12.6. The van der Waals surface area contributed by atoms with Crippen LogP contribution in [-0.2, 0) is 0 Å². The van der Waals surface area contributed by atoms with E-state index in [9.17, 15) is 4.79 Å². The molecule has 3 rings (SSSR count). The third-order valence-corrected chi connectivity index (χ3v) is 5.65. The largest absolute Gasteiger partial charge is 0.397 e. The van der Waals surface area contributed by atoms with Crippen molar-refractivity contribution >= 4 is 33.1 Å². The van der Waals surface area contributed by atoms with E-state index in [-0.39, 0.29) is 11.9 Å². The van der Waals surface area contributed by atoms with E-state index in [1.807, 2.05) is 13.8 Å². The van der Waals surface area contributed by atoms with Gasteiger partial charge in [-0.2, -0.15) is 5.10 Å². The van der Waals surface area contributed by atoms with Crippen LogP contribution in [0.3, 0.4) is 0 Å². The van der Waals surface area contributed by atoms with Crippen LogP contribution in [0.4, 0.5) is 5.69 Å². The Hall–Kier alpha value is -1.69. The monoisotopic (exact) mass is 304 g/mol. The summed E-state index contributed by atoms with van der Waals surface area (Å²) >= 11 is 1.32. The molecule has 0 radical (unpaired) electrons. The Bertz CT molecular complexity index is 705. The average molecular weight is 304 g/mol. The number of nitrogens with zero attached hydrogens (tertiary/aromatic N) is 2. The van der Waals surface area contributed by atoms with Crippen molar-refractivity contribution in [1.29, 1.82) is 0 Å². The van der Waals surface area contributed by atoms with Gasteiger partial charge in [-0.05, 0) is 45.1 Å². The second-order valence-corrected chi connectivity index (χ2v) is 6.89. The predicted molar refractivity (Wildman–Crippen MR) is 85.6 cm³/mol. The van der Waals surface area contributed by atoms with Gasteiger partial charge in [-0.15, -0.1) is 16.4 Å². The maximum Gasteiger partial charge on any atom is 0.263 e. The first-order chi connectivity index (χ1) is 9.99. The number of rotatable bonds is 3. The van der Waals surface area contributed by atoms with Crippen LogP contribution in [0.1, 0.15) is 47.1 Å². The quantitative estimate of drug-likeness (QED) is 0.913. The molecule has 1 unspecified atom stereocenters. The topological polar surface area (TPSA) is 80.9 Å². The molecule has 1 aliphatic carbocycles. The van der Waals surface area contributed by atoms with E-state index in [0.29, 0.717) is 16.5 Å². The van der Waals surface area contributed by atoms with E-state index in [1.165, 1.54) is 30.6 Å². The average Bonchev–Trinajstić information content (AvgIpc) is 2.70. The molecule has 0 saturated heterocycles. The molecule has 0 aromatic carbocycles. The third kappa shape index (κ3) is 2.37. The molecule has 1 amide bonds. The molecule has 1 saturated carbocycles. The molecular weight excluding hydrogens is 284 g/mol. The third-order valence-electron chi connectivity index (χ3n) is 4.56. The number of nitrogens with one attached hydrogen (secondary N) is 1. The lowest BCUT2D eigenvalue weighted by atomic mass is 9.80. The first-order valence-electron chi connectivity index (χ1n) is 7.31. The lowest BCUT2D eigenvalue weighted by Crippen LogP contribution is -2.40. The smallest absolute Gasteiger partial charge is 0.263 e. The van der Waals surface area contributed by atoms with Crippen molar-refractivity contribution in [1.82, 2.24) is 15.5 Å². The highest BCUT2D eigenvalue weighted by atomic mass is 32.1. The Morgan fingerprint density at radius 2 is 2.10 bits per heavy atom. The Kier molecular flexibility index (Phi) is 3.57. The van der Waals surface area contributed by atoms with Crippen molar-refractivity contribution in [2.75, 3.05) is 5.73 Å². The van der Waals surface area contributed by atoms with Gasteiger partial charge in [-0.1, -0.05) is 6.42 Å². The zero-order chi connectivity index (χ0) is 15.1. The molecule has 1 atom stereocenters. The van der Waals surface area contributed by atoms with E-state index in [1.54, 1.807) is 0 Å². The lowest BCUT2D eigenvalue weighted by molar-refractivity contribution is 0.0914. The Morgan fingerprint density at radius 1 is 1.38 bits per heavy atom. The molecule has 6 heteroatoms. The van der Waals surface area contributed by atoms with Crippen LogP contribution in [0.15, 0.2) is 0 Å². The Labute approximate surface area is 127 Å². The molecular formula is C15H20N4OS. The van der Waals surface area contributed by atoms with Crippen molar-refractivity contribution in [3.63, 3.8) is 0 Å². The number of nitrogen functional groups attached to an aromatic ring is 1. The minimum absolute atomic E-state index is 0.0908. The van der Waals surface area contributed by atoms with E-state index in [0.717, 1.165) is 21.5 Å². The van der Waals surface area contributed by atoms with Crippen LogP contribution < -0.4 is 11.1 Å². The minimum atomic E-state index is -0.0908. The summed E-state index contributed by atoms with van der Waals surface area (Å²) in [6, 6.07) is 0.199. The first kappa shape index (κ1) is 14.3. The van der Waals surface area contributed by atoms with E-state index in [4.69, 9.17) is 5.73 Å². The van der Waals surface area contributed by atoms with E-state index >= 15 is 0 Å². The minimum Gasteiger partial charge on any atom is -0.397 e. The number of nitrogens with two attached hydrogens (primary N) is 1. The maximum absolute atomic E-state index is 12.5. The number of hydrogen-bond donors (Lipinski definition) is 2. The fraction of sp³-hybridized carbons (Fsp3) is 0.533. The summed E-state index contributed by atoms with van der Waals surface area (Å²) in [6.45, 7) is 5.94. The number of fused-ring (bicyclic) bond motifs is 1. The van der Waals surface area contributed by atoms with Crippen LogP contribution >= 0.6 is 11.3 Å². The van der Waals surface area contributed by atoms with Gasteiger partial charge < -0.3 is 11.1 Å². The van der Waals surface area contributed by atoms with Gasteiger partial charge in [0.25, 0.3) is 5.91 Å². The molecule has 5 nitrogen and oxygen atoms in total. The molecule has 0 bridgehead atoms. The van der Waals surface area contributed by atoms with Gasteiger partial charge >= 0.3 is 0 Å². The predicted octanol–water partition coefficient (Wildman–Crippen LogP) is 2.81. The van der Waals surface area contributed by atoms with Crippen LogP contribution in [0.5, 0.6) is 0 Å². The van der Waals surface area contributed by atoms with Crippen molar-refractivity contribution in [3.05, 3.63) is 16.1 Å². The standard InChI is InChI=1S/C15H20N4OS/c1-7-8(2)18-19-15-11(7)12(16)13(21-15)14(20)17-9(3)10-5-4-6-10/h9-10H,4-6,16H2,1-3H3,(H,17,20). The molecule has 0 spiro atoms. The molecule has 1 aliphatic rings. The maximum atomic E-state index is 12.5. The van der Waals surface area contributed by atoms with Gasteiger partial charge in [0.05, 0.1) is 11.4 Å². The molecule has 2 heterocycles. The molecule has 2 aromatic rings. The molecule has 1 fully saturated rings. The molecule has 112 valence electrons. The number of hydrogen-bond acceptors (Lipinski definition) is 5. The van der Waals surface area contributed by atoms with Crippen molar-refractivity contribution in [3.8, 4) is 0 Å². The molecule has 0 aliphatic heterocycles. The number of thiophene rings is 1. The van der Waals surface area contributed by atoms with Crippen LogP contribution in [0.25, 0.3) is 10.2 Å². The second-order valence-electron chi connectivity index (χ2n) is 5.89. The number of aryl methyl sites for hydroxylation is 2.